The van der Waals surface area contributed by atoms with Gasteiger partial charge in [0.05, 0.1) is 0 Å². The zero-order valence-corrected chi connectivity index (χ0v) is 8.71. The monoisotopic (exact) mass is 208 g/mol. The normalized spacial score (nSPS) is 9.67. The highest BCUT2D eigenvalue weighted by molar-refractivity contribution is 5.14. The molecule has 0 saturated heterocycles. The zero-order chi connectivity index (χ0) is 10.1. The van der Waals surface area contributed by atoms with Crippen molar-refractivity contribution in [1.82, 2.24) is 5.32 Å². The van der Waals surface area contributed by atoms with Gasteiger partial charge in [-0.15, -0.1) is 0 Å². The van der Waals surface area contributed by atoms with Crippen molar-refractivity contribution in [2.24, 2.45) is 5.73 Å². The summed E-state index contributed by atoms with van der Waals surface area (Å²) in [5.41, 5.74) is 6.77. The quantitative estimate of drug-likeness (QED) is 0.676. The fourth-order valence-corrected chi connectivity index (χ4v) is 1.40. The summed E-state index contributed by atoms with van der Waals surface area (Å²) in [5.74, 6) is 0. The van der Waals surface area contributed by atoms with Gasteiger partial charge in [0.15, 0.2) is 0 Å². The van der Waals surface area contributed by atoms with Gasteiger partial charge in [0, 0.05) is 6.54 Å². The molecular weight excluding hydrogens is 184 g/mol. The molecule has 0 bridgehead atoms. The lowest BCUT2D eigenvalue weighted by molar-refractivity contribution is 0.606. The molecule has 1 rings (SSSR count). The molecular formula is C13H24N2. The van der Waals surface area contributed by atoms with Crippen LogP contribution in [0.4, 0.5) is 0 Å². The van der Waals surface area contributed by atoms with Gasteiger partial charge in [0.1, 0.15) is 0 Å². The van der Waals surface area contributed by atoms with E-state index in [0.29, 0.717) is 0 Å². The molecule has 0 unspecified atom stereocenters. The Hall–Kier alpha value is -0.860. The van der Waals surface area contributed by atoms with Gasteiger partial charge in [-0.2, -0.15) is 0 Å². The standard InChI is InChI=1S/C12H20N2.CH4/c13-9-5-2-6-10-14-11-12-7-3-1-4-8-12;/h1,3-4,7-8,14H,2,5-6,9-11,13H2;1H4. The first-order chi connectivity index (χ1) is 6.93. The SMILES string of the molecule is C.NCCCCCNCc1ccccc1. The van der Waals surface area contributed by atoms with E-state index in [4.69, 9.17) is 5.73 Å². The Morgan fingerprint density at radius 3 is 2.40 bits per heavy atom. The second kappa shape index (κ2) is 9.69. The van der Waals surface area contributed by atoms with Crippen molar-refractivity contribution < 1.29 is 0 Å². The predicted octanol–water partition coefficient (Wildman–Crippen LogP) is 2.54. The van der Waals surface area contributed by atoms with E-state index in [1.165, 1.54) is 18.4 Å². The molecule has 0 amide bonds. The number of unbranched alkanes of at least 4 members (excludes halogenated alkanes) is 2. The average molecular weight is 208 g/mol. The van der Waals surface area contributed by atoms with Crippen LogP contribution < -0.4 is 11.1 Å². The van der Waals surface area contributed by atoms with Crippen LogP contribution in [0, 0.1) is 0 Å². The fourth-order valence-electron chi connectivity index (χ4n) is 1.40. The largest absolute Gasteiger partial charge is 0.330 e. The number of benzene rings is 1. The van der Waals surface area contributed by atoms with E-state index in [0.717, 1.165) is 26.1 Å². The molecule has 0 fully saturated rings. The molecule has 0 radical (unpaired) electrons. The van der Waals surface area contributed by atoms with E-state index in [2.05, 4.69) is 29.6 Å². The van der Waals surface area contributed by atoms with Crippen molar-refractivity contribution >= 4 is 0 Å². The van der Waals surface area contributed by atoms with Crippen LogP contribution in [0.25, 0.3) is 0 Å². The van der Waals surface area contributed by atoms with Gasteiger partial charge >= 0.3 is 0 Å². The van der Waals surface area contributed by atoms with E-state index >= 15 is 0 Å². The van der Waals surface area contributed by atoms with Crippen LogP contribution in [0.15, 0.2) is 30.3 Å². The molecule has 0 aromatic heterocycles. The van der Waals surface area contributed by atoms with Gasteiger partial charge in [0.25, 0.3) is 0 Å². The maximum atomic E-state index is 5.41. The maximum absolute atomic E-state index is 5.41. The molecule has 0 aliphatic carbocycles. The van der Waals surface area contributed by atoms with E-state index in [1.54, 1.807) is 0 Å². The highest BCUT2D eigenvalue weighted by atomic mass is 14.8. The van der Waals surface area contributed by atoms with Crippen LogP contribution in [-0.4, -0.2) is 13.1 Å². The molecule has 2 nitrogen and oxygen atoms in total. The Kier molecular flexibility index (Phi) is 9.13. The minimum Gasteiger partial charge on any atom is -0.330 e. The summed E-state index contributed by atoms with van der Waals surface area (Å²) in [6.45, 7) is 2.89. The first-order valence-corrected chi connectivity index (χ1v) is 5.38. The Balaban J connectivity index is 0.00000196. The summed E-state index contributed by atoms with van der Waals surface area (Å²) in [6, 6.07) is 10.5. The Morgan fingerprint density at radius 1 is 1.00 bits per heavy atom. The van der Waals surface area contributed by atoms with Crippen LogP contribution in [0.5, 0.6) is 0 Å². The molecule has 1 aromatic carbocycles. The van der Waals surface area contributed by atoms with Crippen LogP contribution in [-0.2, 0) is 6.54 Å². The van der Waals surface area contributed by atoms with E-state index in [1.807, 2.05) is 6.07 Å². The predicted molar refractivity (Wildman–Crippen MR) is 67.8 cm³/mol. The maximum Gasteiger partial charge on any atom is 0.0205 e. The first kappa shape index (κ1) is 14.1. The molecule has 0 saturated carbocycles. The molecule has 2 heteroatoms. The van der Waals surface area contributed by atoms with E-state index in [-0.39, 0.29) is 7.43 Å². The minimum atomic E-state index is 0. The van der Waals surface area contributed by atoms with Crippen molar-refractivity contribution in [3.8, 4) is 0 Å². The third kappa shape index (κ3) is 7.11. The second-order valence-electron chi connectivity index (χ2n) is 3.51. The Labute approximate surface area is 93.9 Å². The van der Waals surface area contributed by atoms with E-state index < -0.39 is 0 Å². The minimum absolute atomic E-state index is 0. The summed E-state index contributed by atoms with van der Waals surface area (Å²) >= 11 is 0. The van der Waals surface area contributed by atoms with E-state index in [9.17, 15) is 0 Å². The first-order valence-electron chi connectivity index (χ1n) is 5.38. The number of nitrogens with two attached hydrogens (primary N) is 1. The Bertz CT molecular complexity index is 221. The van der Waals surface area contributed by atoms with Crippen molar-refractivity contribution in [3.05, 3.63) is 35.9 Å². The molecule has 0 aliphatic heterocycles. The molecule has 86 valence electrons. The molecule has 1 aromatic rings. The van der Waals surface area contributed by atoms with Crippen molar-refractivity contribution in [3.63, 3.8) is 0 Å². The highest BCUT2D eigenvalue weighted by Gasteiger charge is 1.90. The molecule has 0 atom stereocenters. The molecule has 0 spiro atoms. The summed E-state index contributed by atoms with van der Waals surface area (Å²) < 4.78 is 0. The summed E-state index contributed by atoms with van der Waals surface area (Å²) in [7, 11) is 0. The van der Waals surface area contributed by atoms with Gasteiger partial charge in [-0.05, 0) is 31.5 Å². The summed E-state index contributed by atoms with van der Waals surface area (Å²) in [6.07, 6.45) is 3.61. The van der Waals surface area contributed by atoms with Crippen LogP contribution in [0.2, 0.25) is 0 Å². The molecule has 3 N–H and O–H groups in total. The average Bonchev–Trinajstić information content (AvgIpc) is 2.25. The highest BCUT2D eigenvalue weighted by Crippen LogP contribution is 1.97. The fraction of sp³-hybridized carbons (Fsp3) is 0.538. The van der Waals surface area contributed by atoms with Gasteiger partial charge in [-0.25, -0.2) is 0 Å². The van der Waals surface area contributed by atoms with Crippen LogP contribution >= 0.6 is 0 Å². The lowest BCUT2D eigenvalue weighted by Gasteiger charge is -2.04. The summed E-state index contributed by atoms with van der Waals surface area (Å²) in [4.78, 5) is 0. The smallest absolute Gasteiger partial charge is 0.0205 e. The zero-order valence-electron chi connectivity index (χ0n) is 8.71. The molecule has 0 aliphatic rings. The van der Waals surface area contributed by atoms with Gasteiger partial charge in [-0.1, -0.05) is 44.2 Å². The van der Waals surface area contributed by atoms with Crippen molar-refractivity contribution in [2.75, 3.05) is 13.1 Å². The Morgan fingerprint density at radius 2 is 1.73 bits per heavy atom. The van der Waals surface area contributed by atoms with Gasteiger partial charge in [0.2, 0.25) is 0 Å². The third-order valence-corrected chi connectivity index (χ3v) is 2.23. The van der Waals surface area contributed by atoms with Gasteiger partial charge < -0.3 is 11.1 Å². The summed E-state index contributed by atoms with van der Waals surface area (Å²) in [5, 5.41) is 3.42. The van der Waals surface area contributed by atoms with Gasteiger partial charge in [-0.3, -0.25) is 0 Å². The van der Waals surface area contributed by atoms with Crippen molar-refractivity contribution in [1.29, 1.82) is 0 Å². The number of hydrogen-bond donors (Lipinski definition) is 2. The number of nitrogens with one attached hydrogen (secondary N) is 1. The topological polar surface area (TPSA) is 38.0 Å². The van der Waals surface area contributed by atoms with Crippen molar-refractivity contribution in [2.45, 2.75) is 33.2 Å². The number of rotatable bonds is 7. The van der Waals surface area contributed by atoms with Crippen LogP contribution in [0.1, 0.15) is 32.3 Å². The number of hydrogen-bond acceptors (Lipinski definition) is 2. The second-order valence-corrected chi connectivity index (χ2v) is 3.51. The lowest BCUT2D eigenvalue weighted by Crippen LogP contribution is -2.14. The molecule has 0 heterocycles. The van der Waals surface area contributed by atoms with Crippen LogP contribution in [0.3, 0.4) is 0 Å². The lowest BCUT2D eigenvalue weighted by atomic mass is 10.2. The third-order valence-electron chi connectivity index (χ3n) is 2.23. The molecule has 15 heavy (non-hydrogen) atoms.